The lowest BCUT2D eigenvalue weighted by molar-refractivity contribution is 0.606. The summed E-state index contributed by atoms with van der Waals surface area (Å²) in [4.78, 5) is 0. The summed E-state index contributed by atoms with van der Waals surface area (Å²) in [6.45, 7) is 3.84. The highest BCUT2D eigenvalue weighted by molar-refractivity contribution is 9.10. The molecular formula is C9H12BrNO2S. The molecule has 0 amide bonds. The Labute approximate surface area is 92.7 Å². The van der Waals surface area contributed by atoms with Gasteiger partial charge in [0.2, 0.25) is 10.0 Å². The van der Waals surface area contributed by atoms with E-state index in [9.17, 15) is 8.42 Å². The van der Waals surface area contributed by atoms with Gasteiger partial charge in [0, 0.05) is 0 Å². The fourth-order valence-corrected chi connectivity index (χ4v) is 2.08. The number of hydrogen-bond donors (Lipinski definition) is 1. The maximum absolute atomic E-state index is 11.2. The average Bonchev–Trinajstić information content (AvgIpc) is 2.10. The van der Waals surface area contributed by atoms with E-state index in [-0.39, 0.29) is 4.66 Å². The Morgan fingerprint density at radius 3 is 2.50 bits per heavy atom. The Morgan fingerprint density at radius 1 is 1.36 bits per heavy atom. The van der Waals surface area contributed by atoms with Gasteiger partial charge in [0.25, 0.3) is 0 Å². The molecule has 0 radical (unpaired) electrons. The number of nitrogens with one attached hydrogen (secondary N) is 1. The van der Waals surface area contributed by atoms with Crippen LogP contribution in [0, 0.1) is 13.8 Å². The molecule has 0 aliphatic rings. The molecule has 5 heteroatoms. The molecule has 0 bridgehead atoms. The van der Waals surface area contributed by atoms with Crippen LogP contribution in [-0.4, -0.2) is 13.1 Å². The minimum atomic E-state index is -3.24. The molecule has 0 spiro atoms. The lowest BCUT2D eigenvalue weighted by Gasteiger charge is -2.08. The molecule has 0 saturated carbocycles. The van der Waals surface area contributed by atoms with Gasteiger partial charge < -0.3 is 0 Å². The fraction of sp³-hybridized carbons (Fsp3) is 0.333. The highest BCUT2D eigenvalue weighted by atomic mass is 79.9. The molecule has 78 valence electrons. The van der Waals surface area contributed by atoms with Gasteiger partial charge in [-0.2, -0.15) is 0 Å². The van der Waals surface area contributed by atoms with Gasteiger partial charge in [0.1, 0.15) is 4.66 Å². The van der Waals surface area contributed by atoms with Crippen LogP contribution in [-0.2, 0) is 10.0 Å². The summed E-state index contributed by atoms with van der Waals surface area (Å²) in [5, 5.41) is 0. The first-order valence-corrected chi connectivity index (χ1v) is 6.86. The third kappa shape index (κ3) is 2.99. The minimum absolute atomic E-state index is 0.0900. The van der Waals surface area contributed by atoms with Crippen molar-refractivity contribution in [2.75, 3.05) is 9.38 Å². The molecule has 0 aromatic heterocycles. The largest absolute Gasteiger partial charge is 0.283 e. The fourth-order valence-electron chi connectivity index (χ4n) is 1.12. The maximum Gasteiger partial charge on any atom is 0.242 e. The summed E-state index contributed by atoms with van der Waals surface area (Å²) >= 11 is 2.92. The summed E-state index contributed by atoms with van der Waals surface area (Å²) in [5.74, 6) is 0. The minimum Gasteiger partial charge on any atom is -0.283 e. The first-order valence-electron chi connectivity index (χ1n) is 4.08. The third-order valence-corrected chi connectivity index (χ3v) is 4.42. The third-order valence-electron chi connectivity index (χ3n) is 1.79. The summed E-state index contributed by atoms with van der Waals surface area (Å²) in [6.07, 6.45) is 0. The van der Waals surface area contributed by atoms with Crippen molar-refractivity contribution in [1.82, 2.24) is 0 Å². The van der Waals surface area contributed by atoms with Crippen molar-refractivity contribution in [3.8, 4) is 0 Å². The maximum atomic E-state index is 11.2. The molecule has 0 saturated heterocycles. The topological polar surface area (TPSA) is 46.2 Å². The molecule has 14 heavy (non-hydrogen) atoms. The van der Waals surface area contributed by atoms with Gasteiger partial charge in [0.05, 0.1) is 5.69 Å². The molecule has 1 rings (SSSR count). The van der Waals surface area contributed by atoms with Crippen LogP contribution >= 0.6 is 15.9 Å². The molecule has 0 unspecified atom stereocenters. The Balaban J connectivity index is 2.99. The Morgan fingerprint density at radius 2 is 2.00 bits per heavy atom. The second kappa shape index (κ2) is 4.31. The van der Waals surface area contributed by atoms with Gasteiger partial charge in [-0.05, 0) is 25.5 Å². The van der Waals surface area contributed by atoms with Gasteiger partial charge in [-0.3, -0.25) is 4.72 Å². The molecule has 1 aromatic rings. The highest BCUT2D eigenvalue weighted by Crippen LogP contribution is 2.17. The zero-order chi connectivity index (χ0) is 10.8. The number of aryl methyl sites for hydroxylation is 2. The summed E-state index contributed by atoms with van der Waals surface area (Å²) in [7, 11) is -3.24. The summed E-state index contributed by atoms with van der Waals surface area (Å²) in [6, 6.07) is 5.58. The first-order chi connectivity index (χ1) is 6.44. The van der Waals surface area contributed by atoms with Crippen LogP contribution in [0.5, 0.6) is 0 Å². The molecular weight excluding hydrogens is 266 g/mol. The van der Waals surface area contributed by atoms with Gasteiger partial charge in [-0.15, -0.1) is 0 Å². The van der Waals surface area contributed by atoms with Crippen molar-refractivity contribution in [2.45, 2.75) is 13.8 Å². The van der Waals surface area contributed by atoms with Gasteiger partial charge in [0.15, 0.2) is 0 Å². The van der Waals surface area contributed by atoms with Gasteiger partial charge in [-0.1, -0.05) is 33.6 Å². The van der Waals surface area contributed by atoms with E-state index < -0.39 is 10.0 Å². The Hall–Kier alpha value is -0.550. The van der Waals surface area contributed by atoms with E-state index >= 15 is 0 Å². The number of sulfonamides is 1. The van der Waals surface area contributed by atoms with Crippen molar-refractivity contribution in [3.63, 3.8) is 0 Å². The zero-order valence-electron chi connectivity index (χ0n) is 8.04. The van der Waals surface area contributed by atoms with E-state index in [0.29, 0.717) is 5.69 Å². The Kier molecular flexibility index (Phi) is 3.55. The molecule has 0 atom stereocenters. The number of halogens is 1. The molecule has 3 nitrogen and oxygen atoms in total. The molecule has 0 aliphatic heterocycles. The van der Waals surface area contributed by atoms with E-state index in [1.807, 2.05) is 26.0 Å². The van der Waals surface area contributed by atoms with Crippen LogP contribution < -0.4 is 4.72 Å². The second-order valence-electron chi connectivity index (χ2n) is 3.14. The second-order valence-corrected chi connectivity index (χ2v) is 6.17. The van der Waals surface area contributed by atoms with Gasteiger partial charge in [-0.25, -0.2) is 8.42 Å². The lowest BCUT2D eigenvalue weighted by Crippen LogP contribution is -2.13. The van der Waals surface area contributed by atoms with Crippen LogP contribution in [0.3, 0.4) is 0 Å². The van der Waals surface area contributed by atoms with Crippen molar-refractivity contribution < 1.29 is 8.42 Å². The molecule has 1 N–H and O–H groups in total. The number of hydrogen-bond acceptors (Lipinski definition) is 2. The predicted octanol–water partition coefficient (Wildman–Crippen LogP) is 2.40. The molecule has 0 heterocycles. The van der Waals surface area contributed by atoms with Crippen LogP contribution in [0.15, 0.2) is 18.2 Å². The quantitative estimate of drug-likeness (QED) is 0.863. The van der Waals surface area contributed by atoms with E-state index in [1.54, 1.807) is 6.07 Å². The number of benzene rings is 1. The molecule has 0 fully saturated rings. The summed E-state index contributed by atoms with van der Waals surface area (Å²) < 4.78 is 24.9. The van der Waals surface area contributed by atoms with Crippen molar-refractivity contribution >= 4 is 31.6 Å². The Bertz CT molecular complexity index is 428. The molecule has 0 aliphatic carbocycles. The van der Waals surface area contributed by atoms with Crippen molar-refractivity contribution in [2.24, 2.45) is 0 Å². The van der Waals surface area contributed by atoms with E-state index in [4.69, 9.17) is 0 Å². The number of anilines is 1. The smallest absolute Gasteiger partial charge is 0.242 e. The lowest BCUT2D eigenvalue weighted by atomic mass is 10.1. The van der Waals surface area contributed by atoms with Gasteiger partial charge >= 0.3 is 0 Å². The molecule has 1 aromatic carbocycles. The normalized spacial score (nSPS) is 11.4. The van der Waals surface area contributed by atoms with Crippen molar-refractivity contribution in [1.29, 1.82) is 0 Å². The van der Waals surface area contributed by atoms with E-state index in [0.717, 1.165) is 11.1 Å². The number of rotatable bonds is 3. The SMILES string of the molecule is Cc1ccc(NS(=O)(=O)CBr)c(C)c1. The zero-order valence-corrected chi connectivity index (χ0v) is 10.4. The van der Waals surface area contributed by atoms with Crippen LogP contribution in [0.2, 0.25) is 0 Å². The van der Waals surface area contributed by atoms with E-state index in [1.165, 1.54) is 0 Å². The van der Waals surface area contributed by atoms with Crippen LogP contribution in [0.25, 0.3) is 0 Å². The highest BCUT2D eigenvalue weighted by Gasteiger charge is 2.08. The standard InChI is InChI=1S/C9H12BrNO2S/c1-7-3-4-9(8(2)5-7)11-14(12,13)6-10/h3-5,11H,6H2,1-2H3. The van der Waals surface area contributed by atoms with Crippen LogP contribution in [0.1, 0.15) is 11.1 Å². The average molecular weight is 278 g/mol. The predicted molar refractivity (Wildman–Crippen MR) is 62.3 cm³/mol. The van der Waals surface area contributed by atoms with Crippen LogP contribution in [0.4, 0.5) is 5.69 Å². The number of alkyl halides is 1. The summed E-state index contributed by atoms with van der Waals surface area (Å²) in [5.41, 5.74) is 2.67. The van der Waals surface area contributed by atoms with Crippen molar-refractivity contribution in [3.05, 3.63) is 29.3 Å². The van der Waals surface area contributed by atoms with E-state index in [2.05, 4.69) is 20.7 Å². The monoisotopic (exact) mass is 277 g/mol. The first kappa shape index (κ1) is 11.5.